The molecule has 2 bridgehead atoms. The van der Waals surface area contributed by atoms with Crippen molar-refractivity contribution in [3.05, 3.63) is 102 Å². The number of aromatic amines is 2. The lowest BCUT2D eigenvalue weighted by Crippen LogP contribution is -2.52. The highest BCUT2D eigenvalue weighted by molar-refractivity contribution is 7.90. The molecule has 51 heavy (non-hydrogen) atoms. The molecule has 8 rings (SSSR count). The Balaban J connectivity index is 0.000000162. The van der Waals surface area contributed by atoms with Gasteiger partial charge in [0.2, 0.25) is 0 Å². The van der Waals surface area contributed by atoms with Crippen molar-refractivity contribution in [1.82, 2.24) is 39.8 Å². The van der Waals surface area contributed by atoms with Gasteiger partial charge in [0.1, 0.15) is 5.75 Å². The Labute approximate surface area is 296 Å². The van der Waals surface area contributed by atoms with Crippen LogP contribution in [0.25, 0.3) is 22.1 Å². The van der Waals surface area contributed by atoms with E-state index in [1.54, 1.807) is 48.8 Å². The summed E-state index contributed by atoms with van der Waals surface area (Å²) in [4.78, 5) is 8.16. The summed E-state index contributed by atoms with van der Waals surface area (Å²) in [6.45, 7) is 8.54. The van der Waals surface area contributed by atoms with Crippen LogP contribution in [0.15, 0.2) is 95.2 Å². The van der Waals surface area contributed by atoms with Crippen molar-refractivity contribution in [1.29, 1.82) is 0 Å². The third-order valence-corrected chi connectivity index (χ3v) is 13.4. The molecule has 3 unspecified atom stereocenters. The van der Waals surface area contributed by atoms with Gasteiger partial charge < -0.3 is 5.11 Å². The maximum atomic E-state index is 13.1. The first-order valence-corrected chi connectivity index (χ1v) is 19.6. The topological polar surface area (TPSA) is 196 Å². The summed E-state index contributed by atoms with van der Waals surface area (Å²) >= 11 is 0. The van der Waals surface area contributed by atoms with Gasteiger partial charge in [-0.05, 0) is 90.5 Å². The Hall–Kier alpha value is -4.70. The van der Waals surface area contributed by atoms with Crippen molar-refractivity contribution >= 4 is 42.1 Å². The summed E-state index contributed by atoms with van der Waals surface area (Å²) in [6, 6.07) is 20.1. The van der Waals surface area contributed by atoms with E-state index in [0.717, 1.165) is 24.0 Å². The average Bonchev–Trinajstić information content (AvgIpc) is 3.87. The van der Waals surface area contributed by atoms with Crippen LogP contribution in [0.5, 0.6) is 5.75 Å². The molecule has 15 heteroatoms. The van der Waals surface area contributed by atoms with Crippen molar-refractivity contribution < 1.29 is 21.9 Å². The van der Waals surface area contributed by atoms with Crippen LogP contribution in [0.2, 0.25) is 0 Å². The zero-order valence-corrected chi connectivity index (χ0v) is 30.3. The Morgan fingerprint density at radius 3 is 1.84 bits per heavy atom. The standard InChI is InChI=1S/C20H18N4O3S.C16H22N4O2S/c1-13-4-6-14(7-5-13)18(15-8-10-16(25)11-9-15)24-28(26,27)20-17-3-2-12-21-19(17)22-23-20;1-15(2)10-6-7-16(3,9-10)14(15)20-23(21,22)13-11-5-4-8-17-12(11)18-19-13/h2-12,18,24-25H,1H3,(H,21,22,23);4-5,8,10,14,20H,6-7,9H2,1-3H3,(H,17,18,19)/t;10?,14?,16-/m.1/s1. The molecule has 4 heterocycles. The predicted molar refractivity (Wildman–Crippen MR) is 193 cm³/mol. The molecule has 2 aliphatic carbocycles. The normalized spacial score (nSPS) is 21.8. The van der Waals surface area contributed by atoms with E-state index in [2.05, 4.69) is 60.6 Å². The molecule has 2 fully saturated rings. The molecule has 2 aromatic carbocycles. The number of phenolic OH excluding ortho intramolecular Hbond substituents is 1. The van der Waals surface area contributed by atoms with Crippen molar-refractivity contribution in [2.45, 2.75) is 69.1 Å². The maximum absolute atomic E-state index is 13.1. The summed E-state index contributed by atoms with van der Waals surface area (Å²) in [7, 11) is -7.60. The van der Waals surface area contributed by atoms with E-state index in [9.17, 15) is 21.9 Å². The van der Waals surface area contributed by atoms with Crippen LogP contribution in [0.4, 0.5) is 0 Å². The largest absolute Gasteiger partial charge is 0.508 e. The Kier molecular flexibility index (Phi) is 8.73. The van der Waals surface area contributed by atoms with Crippen LogP contribution in [-0.4, -0.2) is 58.3 Å². The van der Waals surface area contributed by atoms with Gasteiger partial charge in [0.15, 0.2) is 21.3 Å². The molecular weight excluding hydrogens is 689 g/mol. The SMILES string of the molecule is CC1(C)C2CC[C@](C)(C2)C1NS(=O)(=O)c1[nH]nc2ncccc12.Cc1ccc(C(NS(=O)(=O)c2[nH]nc3ncccc23)c2ccc(O)cc2)cc1. The lowest BCUT2D eigenvalue weighted by Gasteiger charge is -2.42. The van der Waals surface area contributed by atoms with Crippen molar-refractivity contribution in [2.24, 2.45) is 16.7 Å². The molecule has 4 aromatic heterocycles. The van der Waals surface area contributed by atoms with Gasteiger partial charge in [-0.3, -0.25) is 10.2 Å². The number of nitrogens with one attached hydrogen (secondary N) is 4. The number of pyridine rings is 2. The third-order valence-electron chi connectivity index (χ3n) is 10.6. The number of aryl methyl sites for hydroxylation is 1. The fourth-order valence-electron chi connectivity index (χ4n) is 7.84. The van der Waals surface area contributed by atoms with Crippen LogP contribution < -0.4 is 9.44 Å². The number of aromatic hydroxyl groups is 1. The highest BCUT2D eigenvalue weighted by Gasteiger charge is 2.60. The van der Waals surface area contributed by atoms with Gasteiger partial charge in [-0.15, -0.1) is 0 Å². The number of H-pyrrole nitrogens is 2. The number of hydrogen-bond donors (Lipinski definition) is 5. The molecule has 0 saturated heterocycles. The van der Waals surface area contributed by atoms with Gasteiger partial charge in [-0.1, -0.05) is 62.7 Å². The minimum atomic E-state index is -3.93. The minimum absolute atomic E-state index is 0.0336. The van der Waals surface area contributed by atoms with Gasteiger partial charge in [-0.25, -0.2) is 31.5 Å². The number of benzene rings is 2. The minimum Gasteiger partial charge on any atom is -0.508 e. The number of fused-ring (bicyclic) bond motifs is 4. The average molecular weight is 729 g/mol. The fourth-order valence-corrected chi connectivity index (χ4v) is 10.8. The molecule has 0 radical (unpaired) electrons. The van der Waals surface area contributed by atoms with E-state index >= 15 is 0 Å². The highest BCUT2D eigenvalue weighted by Crippen LogP contribution is 2.62. The van der Waals surface area contributed by atoms with Crippen LogP contribution in [-0.2, 0) is 20.0 Å². The number of aromatic nitrogens is 6. The van der Waals surface area contributed by atoms with Crippen LogP contribution >= 0.6 is 0 Å². The van der Waals surface area contributed by atoms with E-state index < -0.39 is 26.1 Å². The van der Waals surface area contributed by atoms with Gasteiger partial charge in [0.25, 0.3) is 20.0 Å². The molecule has 4 atom stereocenters. The Morgan fingerprint density at radius 1 is 0.784 bits per heavy atom. The summed E-state index contributed by atoms with van der Waals surface area (Å²) < 4.78 is 57.9. The first-order valence-electron chi connectivity index (χ1n) is 16.7. The second-order valence-electron chi connectivity index (χ2n) is 14.4. The van der Waals surface area contributed by atoms with E-state index in [0.29, 0.717) is 33.5 Å². The molecule has 6 aromatic rings. The third kappa shape index (κ3) is 6.50. The zero-order chi connectivity index (χ0) is 36.2. The second kappa shape index (κ2) is 12.8. The summed E-state index contributed by atoms with van der Waals surface area (Å²) in [6.07, 6.45) is 6.53. The number of sulfonamides is 2. The molecule has 2 saturated carbocycles. The highest BCUT2D eigenvalue weighted by atomic mass is 32.2. The zero-order valence-electron chi connectivity index (χ0n) is 28.6. The lowest BCUT2D eigenvalue weighted by atomic mass is 9.69. The molecule has 0 spiro atoms. The number of rotatable bonds is 8. The van der Waals surface area contributed by atoms with Gasteiger partial charge in [0.05, 0.1) is 16.8 Å². The first-order chi connectivity index (χ1) is 24.2. The van der Waals surface area contributed by atoms with Crippen LogP contribution in [0.3, 0.4) is 0 Å². The number of hydrogen-bond acceptors (Lipinski definition) is 9. The Morgan fingerprint density at radius 2 is 1.31 bits per heavy atom. The summed E-state index contributed by atoms with van der Waals surface area (Å²) in [5.41, 5.74) is 3.31. The fraction of sp³-hybridized carbons (Fsp3) is 0.333. The van der Waals surface area contributed by atoms with Crippen LogP contribution in [0, 0.1) is 23.7 Å². The van der Waals surface area contributed by atoms with Crippen molar-refractivity contribution in [2.75, 3.05) is 0 Å². The summed E-state index contributed by atoms with van der Waals surface area (Å²) in [5.74, 6) is 0.695. The smallest absolute Gasteiger partial charge is 0.259 e. The van der Waals surface area contributed by atoms with Crippen molar-refractivity contribution in [3.8, 4) is 5.75 Å². The number of nitrogens with zero attached hydrogens (tertiary/aromatic N) is 4. The number of phenols is 1. The molecule has 13 nitrogen and oxygen atoms in total. The van der Waals surface area contributed by atoms with Crippen LogP contribution in [0.1, 0.15) is 62.8 Å². The first kappa shape index (κ1) is 34.7. The molecule has 266 valence electrons. The van der Waals surface area contributed by atoms with E-state index in [1.165, 1.54) is 18.6 Å². The van der Waals surface area contributed by atoms with Gasteiger partial charge in [0, 0.05) is 18.4 Å². The quantitative estimate of drug-likeness (QED) is 0.135. The molecule has 2 aliphatic rings. The van der Waals surface area contributed by atoms with Crippen molar-refractivity contribution in [3.63, 3.8) is 0 Å². The van der Waals surface area contributed by atoms with Gasteiger partial charge >= 0.3 is 0 Å². The predicted octanol–water partition coefficient (Wildman–Crippen LogP) is 5.49. The Bertz CT molecular complexity index is 2380. The molecular formula is C36H40N8O5S2. The maximum Gasteiger partial charge on any atom is 0.259 e. The molecule has 0 aliphatic heterocycles. The monoisotopic (exact) mass is 728 g/mol. The van der Waals surface area contributed by atoms with E-state index in [4.69, 9.17) is 0 Å². The van der Waals surface area contributed by atoms with E-state index in [1.807, 2.05) is 31.2 Å². The second-order valence-corrected chi connectivity index (χ2v) is 17.7. The van der Waals surface area contributed by atoms with Gasteiger partial charge in [-0.2, -0.15) is 14.9 Å². The van der Waals surface area contributed by atoms with E-state index in [-0.39, 0.29) is 32.7 Å². The molecule has 0 amide bonds. The lowest BCUT2D eigenvalue weighted by molar-refractivity contribution is 0.127. The molecule has 5 N–H and O–H groups in total. The summed E-state index contributed by atoms with van der Waals surface area (Å²) in [5, 5.41) is 23.8.